The van der Waals surface area contributed by atoms with Crippen LogP contribution in [-0.2, 0) is 28.5 Å². The van der Waals surface area contributed by atoms with Crippen LogP contribution < -0.4 is 0 Å². The summed E-state index contributed by atoms with van der Waals surface area (Å²) in [4.78, 5) is 23.2. The Morgan fingerprint density at radius 3 is 2.50 bits per heavy atom. The third kappa shape index (κ3) is 3.80. The van der Waals surface area contributed by atoms with Gasteiger partial charge in [0.1, 0.15) is 30.7 Å². The topological polar surface area (TPSA) is 152 Å². The molecule has 2 rings (SSSR count). The largest absolute Gasteiger partial charge is 0.471 e. The highest BCUT2D eigenvalue weighted by molar-refractivity contribution is 5.92. The van der Waals surface area contributed by atoms with Gasteiger partial charge in [0, 0.05) is 0 Å². The normalized spacial score (nSPS) is 40.1. The van der Waals surface area contributed by atoms with Crippen LogP contribution in [0.5, 0.6) is 0 Å². The molecule has 0 saturated carbocycles. The van der Waals surface area contributed by atoms with E-state index in [0.29, 0.717) is 6.29 Å². The molecule has 0 bridgehead atoms. The van der Waals surface area contributed by atoms with E-state index in [2.05, 4.69) is 11.3 Å². The molecule has 2 aliphatic heterocycles. The van der Waals surface area contributed by atoms with Crippen molar-refractivity contribution in [1.82, 2.24) is 0 Å². The van der Waals surface area contributed by atoms with Gasteiger partial charge in [-0.2, -0.15) is 0 Å². The van der Waals surface area contributed by atoms with Gasteiger partial charge in [-0.25, -0.2) is 4.79 Å². The van der Waals surface area contributed by atoms with Crippen molar-refractivity contribution in [2.75, 3.05) is 13.7 Å². The lowest BCUT2D eigenvalue weighted by Crippen LogP contribution is -2.60. The molecule has 1 fully saturated rings. The Hall–Kier alpha value is -1.82. The maximum absolute atomic E-state index is 11.7. The zero-order valence-corrected chi connectivity index (χ0v) is 14.0. The number of hydrogen-bond donors (Lipinski definition) is 4. The summed E-state index contributed by atoms with van der Waals surface area (Å²) in [5.41, 5.74) is -0.0268. The molecule has 0 spiro atoms. The lowest BCUT2D eigenvalue weighted by molar-refractivity contribution is -0.338. The Morgan fingerprint density at radius 1 is 1.27 bits per heavy atom. The summed E-state index contributed by atoms with van der Waals surface area (Å²) >= 11 is 0. The van der Waals surface area contributed by atoms with E-state index in [9.17, 15) is 30.0 Å². The van der Waals surface area contributed by atoms with Crippen LogP contribution >= 0.6 is 0 Å². The van der Waals surface area contributed by atoms with Crippen LogP contribution in [0.2, 0.25) is 0 Å². The second-order valence-corrected chi connectivity index (χ2v) is 5.88. The zero-order valence-electron chi connectivity index (χ0n) is 14.0. The highest BCUT2D eigenvalue weighted by Gasteiger charge is 2.47. The number of rotatable bonds is 6. The number of esters is 1. The fourth-order valence-electron chi connectivity index (χ4n) is 2.84. The summed E-state index contributed by atoms with van der Waals surface area (Å²) < 4.78 is 20.6. The predicted octanol–water partition coefficient (Wildman–Crippen LogP) is -2.17. The standard InChI is InChI=1S/C16H22O10/c1-3-7-8(4-17)9(14(22)23-2)6-24-15(7)26-16-13(21)12(20)11(19)10(5-18)25-16/h3-4,6-8,10-13,15-16,18-21H,1,5H2,2H3/t7-,8+,10-,11-,12+,13-,15+,16+/m1/s1. The van der Waals surface area contributed by atoms with Crippen LogP contribution in [0, 0.1) is 11.8 Å². The van der Waals surface area contributed by atoms with E-state index in [4.69, 9.17) is 14.2 Å². The van der Waals surface area contributed by atoms with Gasteiger partial charge in [-0.05, 0) is 0 Å². The monoisotopic (exact) mass is 374 g/mol. The molecule has 0 aromatic heterocycles. The number of carbonyl (C=O) groups excluding carboxylic acids is 2. The molecular formula is C16H22O10. The Kier molecular flexibility index (Phi) is 6.87. The van der Waals surface area contributed by atoms with E-state index < -0.39 is 61.4 Å². The minimum absolute atomic E-state index is 0.0268. The lowest BCUT2D eigenvalue weighted by atomic mass is 9.85. The molecule has 0 unspecified atom stereocenters. The van der Waals surface area contributed by atoms with Gasteiger partial charge in [-0.15, -0.1) is 6.58 Å². The predicted molar refractivity (Wildman–Crippen MR) is 83.1 cm³/mol. The molecule has 10 heteroatoms. The third-order valence-electron chi connectivity index (χ3n) is 4.37. The first-order valence-electron chi connectivity index (χ1n) is 7.87. The summed E-state index contributed by atoms with van der Waals surface area (Å²) in [6.45, 7) is 2.97. The molecule has 2 aliphatic rings. The van der Waals surface area contributed by atoms with Crippen molar-refractivity contribution in [3.8, 4) is 0 Å². The van der Waals surface area contributed by atoms with Gasteiger partial charge >= 0.3 is 5.97 Å². The van der Waals surface area contributed by atoms with Crippen molar-refractivity contribution in [3.63, 3.8) is 0 Å². The van der Waals surface area contributed by atoms with Crippen molar-refractivity contribution in [2.45, 2.75) is 37.0 Å². The first-order valence-corrected chi connectivity index (χ1v) is 7.87. The molecule has 0 radical (unpaired) electrons. The molecule has 26 heavy (non-hydrogen) atoms. The molecule has 8 atom stereocenters. The Bertz CT molecular complexity index is 559. The summed E-state index contributed by atoms with van der Waals surface area (Å²) in [5.74, 6) is -2.54. The van der Waals surface area contributed by atoms with E-state index in [0.717, 1.165) is 13.4 Å². The molecule has 146 valence electrons. The molecule has 4 N–H and O–H groups in total. The number of aliphatic hydroxyl groups is 4. The van der Waals surface area contributed by atoms with Crippen LogP contribution in [0.1, 0.15) is 0 Å². The highest BCUT2D eigenvalue weighted by Crippen LogP contribution is 2.34. The van der Waals surface area contributed by atoms with Gasteiger partial charge in [-0.3, -0.25) is 0 Å². The first kappa shape index (κ1) is 20.5. The Labute approximate surface area is 149 Å². The van der Waals surface area contributed by atoms with Gasteiger partial charge in [0.2, 0.25) is 6.29 Å². The van der Waals surface area contributed by atoms with Gasteiger partial charge < -0.3 is 44.2 Å². The highest BCUT2D eigenvalue weighted by atomic mass is 16.8. The van der Waals surface area contributed by atoms with Crippen LogP contribution in [-0.4, -0.2) is 83.4 Å². The average molecular weight is 374 g/mol. The third-order valence-corrected chi connectivity index (χ3v) is 4.37. The Morgan fingerprint density at radius 2 is 1.96 bits per heavy atom. The van der Waals surface area contributed by atoms with E-state index in [1.165, 1.54) is 6.08 Å². The molecular weight excluding hydrogens is 352 g/mol. The molecule has 0 aromatic rings. The van der Waals surface area contributed by atoms with Crippen molar-refractivity contribution in [1.29, 1.82) is 0 Å². The van der Waals surface area contributed by atoms with Crippen LogP contribution in [0.3, 0.4) is 0 Å². The van der Waals surface area contributed by atoms with Crippen molar-refractivity contribution >= 4 is 12.3 Å². The van der Waals surface area contributed by atoms with Gasteiger partial charge in [-0.1, -0.05) is 6.08 Å². The fourth-order valence-corrected chi connectivity index (χ4v) is 2.84. The van der Waals surface area contributed by atoms with Crippen LogP contribution in [0.15, 0.2) is 24.5 Å². The number of aldehydes is 1. The minimum atomic E-state index is -1.64. The molecule has 1 saturated heterocycles. The summed E-state index contributed by atoms with van der Waals surface area (Å²) in [5, 5.41) is 38.8. The van der Waals surface area contributed by atoms with Crippen molar-refractivity contribution in [3.05, 3.63) is 24.5 Å². The molecule has 10 nitrogen and oxygen atoms in total. The van der Waals surface area contributed by atoms with Crippen molar-refractivity contribution in [2.24, 2.45) is 11.8 Å². The second kappa shape index (κ2) is 8.71. The van der Waals surface area contributed by atoms with Gasteiger partial charge in [0.15, 0.2) is 6.29 Å². The van der Waals surface area contributed by atoms with E-state index in [1.54, 1.807) is 0 Å². The summed E-state index contributed by atoms with van der Waals surface area (Å²) in [6, 6.07) is 0. The van der Waals surface area contributed by atoms with E-state index in [1.807, 2.05) is 0 Å². The lowest BCUT2D eigenvalue weighted by Gasteiger charge is -2.42. The number of ether oxygens (including phenoxy) is 4. The molecule has 0 aromatic carbocycles. The van der Waals surface area contributed by atoms with E-state index >= 15 is 0 Å². The Balaban J connectivity index is 2.20. The summed E-state index contributed by atoms with van der Waals surface area (Å²) in [7, 11) is 1.16. The molecule has 2 heterocycles. The molecule has 0 aliphatic carbocycles. The zero-order chi connectivity index (χ0) is 19.4. The second-order valence-electron chi connectivity index (χ2n) is 5.88. The average Bonchev–Trinajstić information content (AvgIpc) is 2.66. The number of methoxy groups -OCH3 is 1. The van der Waals surface area contributed by atoms with Crippen molar-refractivity contribution < 1.29 is 49.0 Å². The van der Waals surface area contributed by atoms with Crippen LogP contribution in [0.25, 0.3) is 0 Å². The van der Waals surface area contributed by atoms with Gasteiger partial charge in [0.25, 0.3) is 0 Å². The van der Waals surface area contributed by atoms with E-state index in [-0.39, 0.29) is 5.57 Å². The quantitative estimate of drug-likeness (QED) is 0.230. The number of hydrogen-bond acceptors (Lipinski definition) is 10. The van der Waals surface area contributed by atoms with Crippen LogP contribution in [0.4, 0.5) is 0 Å². The molecule has 0 amide bonds. The summed E-state index contributed by atoms with van der Waals surface area (Å²) in [6.07, 6.45) is -5.74. The number of aliphatic hydroxyl groups excluding tert-OH is 4. The minimum Gasteiger partial charge on any atom is -0.471 e. The maximum atomic E-state index is 11.7. The smallest absolute Gasteiger partial charge is 0.337 e. The fraction of sp³-hybridized carbons (Fsp3) is 0.625. The SMILES string of the molecule is C=C[C@H]1[C@H](O[C@@H]2O[C@H](CO)[C@@H](O)[C@H](O)[C@H]2O)OC=C(C(=O)OC)[C@H]1C=O. The first-order chi connectivity index (χ1) is 12.4. The number of carbonyl (C=O) groups is 2. The van der Waals surface area contributed by atoms with Gasteiger partial charge in [0.05, 0.1) is 37.4 Å². The maximum Gasteiger partial charge on any atom is 0.337 e.